The number of halogens is 2. The summed E-state index contributed by atoms with van der Waals surface area (Å²) in [5.41, 5.74) is 2.60. The van der Waals surface area contributed by atoms with E-state index in [0.29, 0.717) is 0 Å². The zero-order valence-electron chi connectivity index (χ0n) is 9.65. The van der Waals surface area contributed by atoms with Crippen molar-refractivity contribution in [2.75, 3.05) is 10.7 Å². The quantitative estimate of drug-likeness (QED) is 0.584. The van der Waals surface area contributed by atoms with E-state index in [1.54, 1.807) is 6.07 Å². The molecule has 2 rings (SSSR count). The number of amides is 1. The van der Waals surface area contributed by atoms with E-state index >= 15 is 0 Å². The number of hydrogen-bond donors (Lipinski definition) is 3. The molecule has 0 spiro atoms. The lowest BCUT2D eigenvalue weighted by atomic mass is 10.2. The highest BCUT2D eigenvalue weighted by Gasteiger charge is 2.12. The molecule has 7 heteroatoms. The third-order valence-corrected chi connectivity index (χ3v) is 2.37. The fraction of sp³-hybridized carbons (Fsp3) is 0. The molecule has 98 valence electrons. The van der Waals surface area contributed by atoms with Gasteiger partial charge in [0.2, 0.25) is 0 Å². The van der Waals surface area contributed by atoms with E-state index in [1.807, 2.05) is 0 Å². The van der Waals surface area contributed by atoms with Gasteiger partial charge in [-0.2, -0.15) is 0 Å². The van der Waals surface area contributed by atoms with Gasteiger partial charge in [-0.25, -0.2) is 19.6 Å². The van der Waals surface area contributed by atoms with Gasteiger partial charge in [0.15, 0.2) is 17.5 Å². The summed E-state index contributed by atoms with van der Waals surface area (Å²) in [7, 11) is 0. The topological polar surface area (TPSA) is 80.0 Å². The van der Waals surface area contributed by atoms with Gasteiger partial charge < -0.3 is 10.7 Å². The Morgan fingerprint density at radius 3 is 2.68 bits per heavy atom. The van der Waals surface area contributed by atoms with Crippen LogP contribution in [0.4, 0.5) is 20.3 Å². The number of aromatic nitrogens is 1. The molecular weight excluding hydrogens is 254 g/mol. The molecule has 0 unspecified atom stereocenters. The Labute approximate surface area is 107 Å². The molecule has 0 aliphatic rings. The van der Waals surface area contributed by atoms with Crippen LogP contribution in [-0.4, -0.2) is 10.9 Å². The van der Waals surface area contributed by atoms with Crippen molar-refractivity contribution in [3.63, 3.8) is 0 Å². The molecule has 0 saturated carbocycles. The van der Waals surface area contributed by atoms with Gasteiger partial charge in [0.05, 0.1) is 5.56 Å². The lowest BCUT2D eigenvalue weighted by Gasteiger charge is -2.08. The molecule has 0 aliphatic heterocycles. The average Bonchev–Trinajstić information content (AvgIpc) is 2.43. The number of pyridine rings is 1. The molecule has 1 amide bonds. The number of hydrazine groups is 1. The molecule has 1 aromatic carbocycles. The number of carbonyl (C=O) groups excluding carboxylic acids is 1. The molecule has 0 aliphatic carbocycles. The summed E-state index contributed by atoms with van der Waals surface area (Å²) in [6, 6.07) is 6.12. The second kappa shape index (κ2) is 5.40. The normalized spacial score (nSPS) is 10.1. The number of anilines is 2. The van der Waals surface area contributed by atoms with Crippen molar-refractivity contribution in [2.24, 2.45) is 5.84 Å². The van der Waals surface area contributed by atoms with Crippen LogP contribution in [0.1, 0.15) is 10.4 Å². The van der Waals surface area contributed by atoms with Crippen LogP contribution in [0.15, 0.2) is 36.5 Å². The van der Waals surface area contributed by atoms with Crippen LogP contribution in [0.5, 0.6) is 0 Å². The number of carbonyl (C=O) groups is 1. The zero-order chi connectivity index (χ0) is 13.8. The number of nitrogens with two attached hydrogens (primary N) is 1. The first kappa shape index (κ1) is 12.9. The Kier molecular flexibility index (Phi) is 3.67. The predicted octanol–water partition coefficient (Wildman–Crippen LogP) is 1.90. The van der Waals surface area contributed by atoms with Crippen molar-refractivity contribution < 1.29 is 13.6 Å². The molecule has 0 radical (unpaired) electrons. The minimum atomic E-state index is -1.04. The summed E-state index contributed by atoms with van der Waals surface area (Å²) >= 11 is 0. The number of rotatable bonds is 3. The van der Waals surface area contributed by atoms with Gasteiger partial charge in [0, 0.05) is 18.0 Å². The van der Waals surface area contributed by atoms with E-state index in [0.717, 1.165) is 12.1 Å². The molecule has 1 heterocycles. The fourth-order valence-electron chi connectivity index (χ4n) is 1.48. The second-order valence-electron chi connectivity index (χ2n) is 3.63. The molecule has 5 nitrogen and oxygen atoms in total. The highest BCUT2D eigenvalue weighted by atomic mass is 19.2. The van der Waals surface area contributed by atoms with Crippen LogP contribution in [-0.2, 0) is 0 Å². The van der Waals surface area contributed by atoms with Crippen LogP contribution in [0, 0.1) is 11.6 Å². The summed E-state index contributed by atoms with van der Waals surface area (Å²) in [6.45, 7) is 0. The monoisotopic (exact) mass is 264 g/mol. The molecule has 0 fully saturated rings. The van der Waals surface area contributed by atoms with Crippen LogP contribution in [0.25, 0.3) is 0 Å². The fourth-order valence-corrected chi connectivity index (χ4v) is 1.48. The number of hydrogen-bond acceptors (Lipinski definition) is 4. The van der Waals surface area contributed by atoms with Crippen LogP contribution in [0.3, 0.4) is 0 Å². The summed E-state index contributed by atoms with van der Waals surface area (Å²) in [5, 5.41) is 2.42. The van der Waals surface area contributed by atoms with Gasteiger partial charge in [-0.05, 0) is 24.3 Å². The minimum absolute atomic E-state index is 0.135. The summed E-state index contributed by atoms with van der Waals surface area (Å²) in [4.78, 5) is 15.8. The first-order valence-electron chi connectivity index (χ1n) is 5.30. The van der Waals surface area contributed by atoms with Crippen molar-refractivity contribution in [3.05, 3.63) is 53.7 Å². The molecular formula is C12H10F2N4O. The Morgan fingerprint density at radius 1 is 1.21 bits per heavy atom. The third-order valence-electron chi connectivity index (χ3n) is 2.37. The second-order valence-corrected chi connectivity index (χ2v) is 3.63. The largest absolute Gasteiger partial charge is 0.322 e. The lowest BCUT2D eigenvalue weighted by Crippen LogP contribution is -2.18. The van der Waals surface area contributed by atoms with E-state index in [-0.39, 0.29) is 17.1 Å². The van der Waals surface area contributed by atoms with Crippen molar-refractivity contribution in [2.45, 2.75) is 0 Å². The van der Waals surface area contributed by atoms with E-state index < -0.39 is 17.5 Å². The minimum Gasteiger partial charge on any atom is -0.322 e. The molecule has 0 atom stereocenters. The van der Waals surface area contributed by atoms with Gasteiger partial charge in [0.25, 0.3) is 5.91 Å². The highest BCUT2D eigenvalue weighted by Crippen LogP contribution is 2.16. The van der Waals surface area contributed by atoms with Crippen LogP contribution < -0.4 is 16.6 Å². The molecule has 19 heavy (non-hydrogen) atoms. The van der Waals surface area contributed by atoms with Gasteiger partial charge in [-0.15, -0.1) is 0 Å². The van der Waals surface area contributed by atoms with Gasteiger partial charge in [0.1, 0.15) is 0 Å². The maximum Gasteiger partial charge on any atom is 0.259 e. The van der Waals surface area contributed by atoms with Gasteiger partial charge in [-0.1, -0.05) is 0 Å². The molecule has 1 aromatic heterocycles. The van der Waals surface area contributed by atoms with E-state index in [2.05, 4.69) is 15.7 Å². The predicted molar refractivity (Wildman–Crippen MR) is 66.4 cm³/mol. The Hall–Kier alpha value is -2.54. The maximum absolute atomic E-state index is 13.0. The summed E-state index contributed by atoms with van der Waals surface area (Å²) in [5.74, 6) is 2.85. The first-order valence-corrected chi connectivity index (χ1v) is 5.30. The zero-order valence-corrected chi connectivity index (χ0v) is 9.65. The molecule has 2 aromatic rings. The molecule has 0 bridgehead atoms. The van der Waals surface area contributed by atoms with E-state index in [1.165, 1.54) is 18.3 Å². The highest BCUT2D eigenvalue weighted by molar-refractivity contribution is 6.07. The standard InChI is InChI=1S/C12H10F2N4O/c13-9-4-3-7(6-10(9)14)17-12(19)8-2-1-5-16-11(8)18-15/h1-6H,15H2,(H,16,18)(H,17,19). The lowest BCUT2D eigenvalue weighted by molar-refractivity contribution is 0.102. The Morgan fingerprint density at radius 2 is 2.00 bits per heavy atom. The van der Waals surface area contributed by atoms with E-state index in [4.69, 9.17) is 5.84 Å². The molecule has 4 N–H and O–H groups in total. The van der Waals surface area contributed by atoms with Crippen molar-refractivity contribution >= 4 is 17.4 Å². The van der Waals surface area contributed by atoms with Crippen LogP contribution in [0.2, 0.25) is 0 Å². The number of nitrogens with zero attached hydrogens (tertiary/aromatic N) is 1. The number of nitrogens with one attached hydrogen (secondary N) is 2. The smallest absolute Gasteiger partial charge is 0.259 e. The summed E-state index contributed by atoms with van der Waals surface area (Å²) in [6.07, 6.45) is 1.46. The number of nitrogen functional groups attached to an aromatic ring is 1. The van der Waals surface area contributed by atoms with E-state index in [9.17, 15) is 13.6 Å². The first-order chi connectivity index (χ1) is 9.11. The average molecular weight is 264 g/mol. The van der Waals surface area contributed by atoms with Crippen molar-refractivity contribution in [3.8, 4) is 0 Å². The van der Waals surface area contributed by atoms with Crippen LogP contribution >= 0.6 is 0 Å². The SMILES string of the molecule is NNc1ncccc1C(=O)Nc1ccc(F)c(F)c1. The van der Waals surface area contributed by atoms with Crippen molar-refractivity contribution in [1.29, 1.82) is 0 Å². The summed E-state index contributed by atoms with van der Waals surface area (Å²) < 4.78 is 25.8. The third kappa shape index (κ3) is 2.83. The number of benzene rings is 1. The maximum atomic E-state index is 13.0. The van der Waals surface area contributed by atoms with Crippen molar-refractivity contribution in [1.82, 2.24) is 4.98 Å². The Balaban J connectivity index is 2.23. The molecule has 0 saturated heterocycles. The van der Waals surface area contributed by atoms with Gasteiger partial charge in [-0.3, -0.25) is 4.79 Å². The Bertz CT molecular complexity index is 618. The van der Waals surface area contributed by atoms with Gasteiger partial charge >= 0.3 is 0 Å².